The molecule has 0 unspecified atom stereocenters. The van der Waals surface area contributed by atoms with Crippen molar-refractivity contribution in [1.82, 2.24) is 4.90 Å². The fourth-order valence-corrected chi connectivity index (χ4v) is 1.61. The molecule has 1 aromatic carbocycles. The molecule has 1 aromatic rings. The average Bonchev–Trinajstić information content (AvgIpc) is 2.39. The molecular formula is C12H14BNO3. The van der Waals surface area contributed by atoms with Crippen LogP contribution in [0.15, 0.2) is 24.3 Å². The van der Waals surface area contributed by atoms with Crippen LogP contribution in [0.2, 0.25) is 0 Å². The van der Waals surface area contributed by atoms with Gasteiger partial charge in [0, 0.05) is 13.1 Å². The molecule has 1 amide bonds. The number of nitrogens with zero attached hydrogens (tertiary/aromatic N) is 1. The molecule has 2 rings (SSSR count). The number of hydrogen-bond donors (Lipinski definition) is 0. The maximum atomic E-state index is 11.8. The van der Waals surface area contributed by atoms with Gasteiger partial charge in [0.05, 0.1) is 13.2 Å². The van der Waals surface area contributed by atoms with Crippen LogP contribution in [0.4, 0.5) is 0 Å². The van der Waals surface area contributed by atoms with Gasteiger partial charge in [-0.2, -0.15) is 0 Å². The van der Waals surface area contributed by atoms with Gasteiger partial charge >= 0.3 is 0 Å². The Morgan fingerprint density at radius 2 is 1.94 bits per heavy atom. The topological polar surface area (TPSA) is 38.8 Å². The third-order valence-electron chi connectivity index (χ3n) is 2.61. The Morgan fingerprint density at radius 1 is 1.29 bits per heavy atom. The first-order valence-corrected chi connectivity index (χ1v) is 5.59. The number of ether oxygens (including phenoxy) is 2. The fraction of sp³-hybridized carbons (Fsp3) is 0.417. The fourth-order valence-electron chi connectivity index (χ4n) is 1.61. The smallest absolute Gasteiger partial charge is 0.260 e. The Balaban J connectivity index is 1.81. The zero-order valence-electron chi connectivity index (χ0n) is 9.59. The first-order chi connectivity index (χ1) is 8.25. The maximum Gasteiger partial charge on any atom is 0.260 e. The Labute approximate surface area is 102 Å². The third kappa shape index (κ3) is 3.49. The van der Waals surface area contributed by atoms with Crippen molar-refractivity contribution in [3.8, 4) is 5.75 Å². The van der Waals surface area contributed by atoms with E-state index in [0.29, 0.717) is 37.5 Å². The van der Waals surface area contributed by atoms with Gasteiger partial charge in [-0.25, -0.2) is 0 Å². The van der Waals surface area contributed by atoms with Crippen LogP contribution < -0.4 is 10.2 Å². The molecule has 0 spiro atoms. The SMILES string of the molecule is [B]c1ccc(OCC(=O)N2CCOCC2)cc1. The van der Waals surface area contributed by atoms with Crippen LogP contribution in [0, 0.1) is 0 Å². The molecule has 0 bridgehead atoms. The summed E-state index contributed by atoms with van der Waals surface area (Å²) in [5, 5.41) is 0. The van der Waals surface area contributed by atoms with Crippen molar-refractivity contribution >= 4 is 19.2 Å². The monoisotopic (exact) mass is 231 g/mol. The lowest BCUT2D eigenvalue weighted by Crippen LogP contribution is -2.42. The summed E-state index contributed by atoms with van der Waals surface area (Å²) in [6.07, 6.45) is 0. The van der Waals surface area contributed by atoms with E-state index in [1.165, 1.54) is 0 Å². The summed E-state index contributed by atoms with van der Waals surface area (Å²) in [6, 6.07) is 6.99. The van der Waals surface area contributed by atoms with Crippen molar-refractivity contribution in [2.75, 3.05) is 32.9 Å². The first-order valence-electron chi connectivity index (χ1n) is 5.59. The van der Waals surface area contributed by atoms with E-state index in [-0.39, 0.29) is 12.5 Å². The van der Waals surface area contributed by atoms with E-state index in [1.54, 1.807) is 29.2 Å². The lowest BCUT2D eigenvalue weighted by atomic mass is 9.97. The molecule has 1 aliphatic heterocycles. The average molecular weight is 231 g/mol. The molecule has 0 saturated carbocycles. The van der Waals surface area contributed by atoms with Gasteiger partial charge < -0.3 is 14.4 Å². The molecular weight excluding hydrogens is 217 g/mol. The molecule has 0 aliphatic carbocycles. The van der Waals surface area contributed by atoms with Gasteiger partial charge in [-0.05, 0) is 12.1 Å². The summed E-state index contributed by atoms with van der Waals surface area (Å²) < 4.78 is 10.6. The van der Waals surface area contributed by atoms with E-state index < -0.39 is 0 Å². The minimum absolute atomic E-state index is 0.00914. The zero-order chi connectivity index (χ0) is 12.1. The molecule has 0 atom stereocenters. The summed E-state index contributed by atoms with van der Waals surface area (Å²) in [7, 11) is 5.55. The molecule has 1 fully saturated rings. The van der Waals surface area contributed by atoms with Crippen molar-refractivity contribution in [2.45, 2.75) is 0 Å². The molecule has 1 heterocycles. The molecule has 0 N–H and O–H groups in total. The van der Waals surface area contributed by atoms with Crippen LogP contribution in [-0.2, 0) is 9.53 Å². The molecule has 1 aliphatic rings. The van der Waals surface area contributed by atoms with Gasteiger partial charge in [0.2, 0.25) is 0 Å². The highest BCUT2D eigenvalue weighted by Crippen LogP contribution is 2.07. The van der Waals surface area contributed by atoms with Crippen molar-refractivity contribution in [3.05, 3.63) is 24.3 Å². The van der Waals surface area contributed by atoms with Crippen molar-refractivity contribution in [3.63, 3.8) is 0 Å². The standard InChI is InChI=1S/C12H14BNO3/c13-10-1-3-11(4-2-10)17-9-12(15)14-5-7-16-8-6-14/h1-4H,5-9H2. The van der Waals surface area contributed by atoms with E-state index in [1.807, 2.05) is 0 Å². The van der Waals surface area contributed by atoms with Crippen LogP contribution in [0.1, 0.15) is 0 Å². The van der Waals surface area contributed by atoms with Gasteiger partial charge in [0.1, 0.15) is 13.6 Å². The van der Waals surface area contributed by atoms with Crippen LogP contribution in [0.25, 0.3) is 0 Å². The number of morpholine rings is 1. The molecule has 17 heavy (non-hydrogen) atoms. The summed E-state index contributed by atoms with van der Waals surface area (Å²) in [5.74, 6) is 0.644. The van der Waals surface area contributed by atoms with E-state index in [9.17, 15) is 4.79 Å². The summed E-state index contributed by atoms with van der Waals surface area (Å²) in [5.41, 5.74) is 0.678. The van der Waals surface area contributed by atoms with Crippen molar-refractivity contribution in [1.29, 1.82) is 0 Å². The number of rotatable bonds is 3. The Hall–Kier alpha value is -1.49. The quantitative estimate of drug-likeness (QED) is 0.671. The number of benzene rings is 1. The predicted octanol–water partition coefficient (Wildman–Crippen LogP) is -0.282. The van der Waals surface area contributed by atoms with Gasteiger partial charge in [-0.1, -0.05) is 17.6 Å². The molecule has 0 aromatic heterocycles. The second-order valence-electron chi connectivity index (χ2n) is 3.85. The highest BCUT2D eigenvalue weighted by Gasteiger charge is 2.16. The lowest BCUT2D eigenvalue weighted by Gasteiger charge is -2.26. The lowest BCUT2D eigenvalue weighted by molar-refractivity contribution is -0.137. The van der Waals surface area contributed by atoms with E-state index in [0.717, 1.165) is 0 Å². The van der Waals surface area contributed by atoms with E-state index in [4.69, 9.17) is 17.3 Å². The normalized spacial score (nSPS) is 15.6. The molecule has 4 nitrogen and oxygen atoms in total. The molecule has 88 valence electrons. The van der Waals surface area contributed by atoms with E-state index in [2.05, 4.69) is 0 Å². The highest BCUT2D eigenvalue weighted by atomic mass is 16.5. The summed E-state index contributed by atoms with van der Waals surface area (Å²) in [6.45, 7) is 2.55. The van der Waals surface area contributed by atoms with Gasteiger partial charge in [0.15, 0.2) is 6.61 Å². The van der Waals surface area contributed by atoms with Gasteiger partial charge in [-0.15, -0.1) is 0 Å². The van der Waals surface area contributed by atoms with Crippen LogP contribution >= 0.6 is 0 Å². The zero-order valence-corrected chi connectivity index (χ0v) is 9.59. The van der Waals surface area contributed by atoms with E-state index >= 15 is 0 Å². The van der Waals surface area contributed by atoms with Crippen LogP contribution in [0.3, 0.4) is 0 Å². The Morgan fingerprint density at radius 3 is 2.59 bits per heavy atom. The van der Waals surface area contributed by atoms with Crippen LogP contribution in [0.5, 0.6) is 5.75 Å². The Bertz CT molecular complexity index is 374. The van der Waals surface area contributed by atoms with Crippen molar-refractivity contribution < 1.29 is 14.3 Å². The first kappa shape index (κ1) is 12.0. The summed E-state index contributed by atoms with van der Waals surface area (Å²) in [4.78, 5) is 13.5. The summed E-state index contributed by atoms with van der Waals surface area (Å²) >= 11 is 0. The van der Waals surface area contributed by atoms with Gasteiger partial charge in [-0.3, -0.25) is 4.79 Å². The molecule has 2 radical (unpaired) electrons. The minimum atomic E-state index is -0.00914. The third-order valence-corrected chi connectivity index (χ3v) is 2.61. The van der Waals surface area contributed by atoms with Gasteiger partial charge in [0.25, 0.3) is 5.91 Å². The number of amides is 1. The maximum absolute atomic E-state index is 11.8. The predicted molar refractivity (Wildman–Crippen MR) is 64.7 cm³/mol. The number of carbonyl (C=O) groups is 1. The highest BCUT2D eigenvalue weighted by molar-refractivity contribution is 6.32. The molecule has 5 heteroatoms. The second-order valence-corrected chi connectivity index (χ2v) is 3.85. The second kappa shape index (κ2) is 5.73. The minimum Gasteiger partial charge on any atom is -0.484 e. The molecule has 1 saturated heterocycles. The Kier molecular flexibility index (Phi) is 4.04. The largest absolute Gasteiger partial charge is 0.484 e. The number of hydrogen-bond acceptors (Lipinski definition) is 3. The number of carbonyl (C=O) groups excluding carboxylic acids is 1. The van der Waals surface area contributed by atoms with Crippen molar-refractivity contribution in [2.24, 2.45) is 0 Å². The van der Waals surface area contributed by atoms with Crippen LogP contribution in [-0.4, -0.2) is 51.6 Å².